The zero-order valence-corrected chi connectivity index (χ0v) is 35.2. The van der Waals surface area contributed by atoms with Crippen molar-refractivity contribution in [2.24, 2.45) is 46.3 Å². The van der Waals surface area contributed by atoms with Gasteiger partial charge in [-0.1, -0.05) is 46.3 Å². The monoisotopic (exact) mass is 805 g/mol. The number of aliphatic hydroxyl groups excluding tert-OH is 4. The first-order chi connectivity index (χ1) is 27.3. The Hall–Kier alpha value is -0.740. The molecule has 0 bridgehead atoms. The quantitative estimate of drug-likeness (QED) is 0.234. The van der Waals surface area contributed by atoms with Crippen LogP contribution in [0.15, 0.2) is 11.6 Å². The molecular formula is C45H72O12. The molecule has 1 spiro atoms. The molecule has 22 unspecified atom stereocenters. The molecule has 57 heavy (non-hydrogen) atoms. The number of allylic oxidation sites excluding steroid dienone is 1. The molecule has 0 aromatic rings. The van der Waals surface area contributed by atoms with Gasteiger partial charge < -0.3 is 58.3 Å². The summed E-state index contributed by atoms with van der Waals surface area (Å²) in [5, 5.41) is 43.7. The SMILES string of the molecule is CCC1OC(OC2C(CO)OC(OC3CCC4(C)C(=CCC5C4CCC4(C)C5CC5OC6(CCCCO6)C(C)C54)C3)C(OC3CCC(O)C(C)O3)C2O)C(C)C1O. The minimum absolute atomic E-state index is 0.100. The highest BCUT2D eigenvalue weighted by Crippen LogP contribution is 2.70. The van der Waals surface area contributed by atoms with Crippen molar-refractivity contribution in [3.8, 4) is 0 Å². The van der Waals surface area contributed by atoms with Crippen molar-refractivity contribution < 1.29 is 58.3 Å². The van der Waals surface area contributed by atoms with Crippen LogP contribution in [0.4, 0.5) is 0 Å². The van der Waals surface area contributed by atoms with Gasteiger partial charge in [-0.2, -0.15) is 0 Å². The molecule has 4 aliphatic carbocycles. The van der Waals surface area contributed by atoms with Gasteiger partial charge in [-0.3, -0.25) is 0 Å². The van der Waals surface area contributed by atoms with Crippen LogP contribution in [0, 0.1) is 46.3 Å². The largest absolute Gasteiger partial charge is 0.394 e. The highest BCUT2D eigenvalue weighted by Gasteiger charge is 2.68. The van der Waals surface area contributed by atoms with Gasteiger partial charge in [0.2, 0.25) is 0 Å². The minimum Gasteiger partial charge on any atom is -0.394 e. The van der Waals surface area contributed by atoms with Crippen LogP contribution in [0.2, 0.25) is 0 Å². The van der Waals surface area contributed by atoms with Gasteiger partial charge >= 0.3 is 0 Å². The van der Waals surface area contributed by atoms with Gasteiger partial charge in [-0.25, -0.2) is 0 Å². The average molecular weight is 805 g/mol. The van der Waals surface area contributed by atoms with Crippen molar-refractivity contribution in [2.45, 2.75) is 211 Å². The van der Waals surface area contributed by atoms with Crippen LogP contribution in [0.5, 0.6) is 0 Å². The summed E-state index contributed by atoms with van der Waals surface area (Å²) < 4.78 is 51.7. The van der Waals surface area contributed by atoms with Gasteiger partial charge in [0, 0.05) is 24.7 Å². The lowest BCUT2D eigenvalue weighted by Gasteiger charge is -2.58. The number of hydrogen-bond donors (Lipinski definition) is 4. The maximum Gasteiger partial charge on any atom is 0.187 e. The highest BCUT2D eigenvalue weighted by atomic mass is 16.8. The molecule has 0 aromatic carbocycles. The molecule has 5 aliphatic heterocycles. The van der Waals surface area contributed by atoms with Crippen LogP contribution < -0.4 is 0 Å². The van der Waals surface area contributed by atoms with Crippen molar-refractivity contribution in [1.82, 2.24) is 0 Å². The van der Waals surface area contributed by atoms with E-state index in [1.807, 2.05) is 20.8 Å². The normalized spacial score (nSPS) is 56.2. The first-order valence-electron chi connectivity index (χ1n) is 22.9. The summed E-state index contributed by atoms with van der Waals surface area (Å²) >= 11 is 0. The van der Waals surface area contributed by atoms with Crippen molar-refractivity contribution >= 4 is 0 Å². The maximum absolute atomic E-state index is 12.0. The Morgan fingerprint density at radius 2 is 1.63 bits per heavy atom. The Morgan fingerprint density at radius 3 is 2.35 bits per heavy atom. The lowest BCUT2D eigenvalue weighted by atomic mass is 9.47. The summed E-state index contributed by atoms with van der Waals surface area (Å²) in [5.74, 6) is 2.19. The van der Waals surface area contributed by atoms with Gasteiger partial charge in [0.25, 0.3) is 0 Å². The summed E-state index contributed by atoms with van der Waals surface area (Å²) in [5.41, 5.74) is 1.85. The summed E-state index contributed by atoms with van der Waals surface area (Å²) in [6, 6.07) is 0. The molecule has 8 fully saturated rings. The van der Waals surface area contributed by atoms with E-state index in [1.165, 1.54) is 24.8 Å². The summed E-state index contributed by atoms with van der Waals surface area (Å²) in [7, 11) is 0. The Balaban J connectivity index is 0.902. The van der Waals surface area contributed by atoms with Gasteiger partial charge in [-0.15, -0.1) is 0 Å². The maximum atomic E-state index is 12.0. The second-order valence-electron chi connectivity index (χ2n) is 20.3. The molecule has 4 N–H and O–H groups in total. The molecule has 3 saturated carbocycles. The van der Waals surface area contributed by atoms with E-state index in [0.29, 0.717) is 55.0 Å². The van der Waals surface area contributed by atoms with Gasteiger partial charge in [0.15, 0.2) is 24.7 Å². The van der Waals surface area contributed by atoms with Crippen LogP contribution in [0.3, 0.4) is 0 Å². The summed E-state index contributed by atoms with van der Waals surface area (Å²) in [4.78, 5) is 0. The number of rotatable bonds is 8. The lowest BCUT2D eigenvalue weighted by Crippen LogP contribution is -2.63. The van der Waals surface area contributed by atoms with Crippen molar-refractivity contribution in [3.05, 3.63) is 11.6 Å². The molecule has 0 aromatic heterocycles. The van der Waals surface area contributed by atoms with Crippen LogP contribution >= 0.6 is 0 Å². The average Bonchev–Trinajstić information content (AvgIpc) is 3.76. The number of hydrogen-bond acceptors (Lipinski definition) is 12. The van der Waals surface area contributed by atoms with E-state index in [-0.39, 0.29) is 34.7 Å². The highest BCUT2D eigenvalue weighted by molar-refractivity contribution is 5.26. The van der Waals surface area contributed by atoms with Crippen molar-refractivity contribution in [3.63, 3.8) is 0 Å². The topological polar surface area (TPSA) is 155 Å². The second kappa shape index (κ2) is 15.9. The third-order valence-corrected chi connectivity index (χ3v) is 17.4. The Kier molecular flexibility index (Phi) is 11.6. The van der Waals surface area contributed by atoms with E-state index in [0.717, 1.165) is 51.6 Å². The predicted octanol–water partition coefficient (Wildman–Crippen LogP) is 5.36. The molecule has 5 saturated heterocycles. The fourth-order valence-electron chi connectivity index (χ4n) is 14.1. The molecule has 9 aliphatic rings. The fraction of sp³-hybridized carbons (Fsp3) is 0.956. The van der Waals surface area contributed by atoms with Crippen LogP contribution in [0.1, 0.15) is 125 Å². The first kappa shape index (κ1) is 41.6. The molecule has 0 radical (unpaired) electrons. The summed E-state index contributed by atoms with van der Waals surface area (Å²) in [6.07, 6.45) is 6.24. The molecule has 9 rings (SSSR count). The van der Waals surface area contributed by atoms with Crippen LogP contribution in [-0.2, 0) is 37.9 Å². The molecule has 22 atom stereocenters. The number of aliphatic hydroxyl groups is 4. The molecular weight excluding hydrogens is 732 g/mol. The van der Waals surface area contributed by atoms with E-state index < -0.39 is 68.2 Å². The predicted molar refractivity (Wildman–Crippen MR) is 207 cm³/mol. The second-order valence-corrected chi connectivity index (χ2v) is 20.3. The molecule has 324 valence electrons. The number of fused-ring (bicyclic) bond motifs is 7. The first-order valence-corrected chi connectivity index (χ1v) is 22.9. The van der Waals surface area contributed by atoms with Crippen molar-refractivity contribution in [1.29, 1.82) is 0 Å². The molecule has 5 heterocycles. The van der Waals surface area contributed by atoms with Crippen LogP contribution in [-0.4, -0.2) is 119 Å². The minimum atomic E-state index is -1.25. The summed E-state index contributed by atoms with van der Waals surface area (Å²) in [6.45, 7) is 13.5. The van der Waals surface area contributed by atoms with E-state index >= 15 is 0 Å². The third kappa shape index (κ3) is 6.94. The standard InChI is InChI=1S/C45H72O12/c1-7-32-37(48)23(2)41(53-32)56-39-34(22-46)54-42(40(38(39)49)55-35-13-12-31(47)25(4)51-35)52-27-14-17-43(5)26(20-27)10-11-28-29(43)15-18-44(6)30(28)21-33-36(44)24(3)45(57-33)16-8-9-19-50-45/h10,23-25,27-42,46-49H,7-9,11-22H2,1-6H3. The van der Waals surface area contributed by atoms with Gasteiger partial charge in [0.05, 0.1) is 49.8 Å². The van der Waals surface area contributed by atoms with E-state index in [2.05, 4.69) is 26.8 Å². The third-order valence-electron chi connectivity index (χ3n) is 17.4. The van der Waals surface area contributed by atoms with Gasteiger partial charge in [0.1, 0.15) is 24.4 Å². The Bertz CT molecular complexity index is 1450. The molecule has 12 heteroatoms. The zero-order chi connectivity index (χ0) is 40.0. The smallest absolute Gasteiger partial charge is 0.187 e. The van der Waals surface area contributed by atoms with E-state index in [4.69, 9.17) is 37.9 Å². The van der Waals surface area contributed by atoms with E-state index in [1.54, 1.807) is 0 Å². The molecule has 0 amide bonds. The Labute approximate surface area is 339 Å². The number of ether oxygens (including phenoxy) is 8. The Morgan fingerprint density at radius 1 is 0.825 bits per heavy atom. The van der Waals surface area contributed by atoms with E-state index in [9.17, 15) is 20.4 Å². The lowest BCUT2D eigenvalue weighted by molar-refractivity contribution is -0.365. The van der Waals surface area contributed by atoms with Crippen molar-refractivity contribution in [2.75, 3.05) is 13.2 Å². The zero-order valence-electron chi connectivity index (χ0n) is 35.2. The fourth-order valence-corrected chi connectivity index (χ4v) is 14.1. The molecule has 12 nitrogen and oxygen atoms in total. The van der Waals surface area contributed by atoms with Gasteiger partial charge in [-0.05, 0) is 112 Å². The van der Waals surface area contributed by atoms with Crippen LogP contribution in [0.25, 0.3) is 0 Å².